The number of amides is 1. The van der Waals surface area contributed by atoms with Crippen LogP contribution in [0.2, 0.25) is 10.0 Å². The van der Waals surface area contributed by atoms with Gasteiger partial charge in [0.2, 0.25) is 0 Å². The molecule has 0 saturated carbocycles. The number of furan rings is 1. The summed E-state index contributed by atoms with van der Waals surface area (Å²) in [4.78, 5) is 12.3. The van der Waals surface area contributed by atoms with Crippen molar-refractivity contribution in [3.63, 3.8) is 0 Å². The summed E-state index contributed by atoms with van der Waals surface area (Å²) in [6, 6.07) is 19.3. The second-order valence-electron chi connectivity index (χ2n) is 5.29. The van der Waals surface area contributed by atoms with Gasteiger partial charge in [0.15, 0.2) is 0 Å². The number of benzene rings is 2. The van der Waals surface area contributed by atoms with Gasteiger partial charge in [0.1, 0.15) is 23.2 Å². The van der Waals surface area contributed by atoms with Crippen LogP contribution in [0.3, 0.4) is 0 Å². The molecule has 0 unspecified atom stereocenters. The molecule has 0 fully saturated rings. The average molecular weight is 383 g/mol. The topological polar surface area (TPSA) is 66.0 Å². The lowest BCUT2D eigenvalue weighted by molar-refractivity contribution is -0.112. The molecule has 0 atom stereocenters. The fourth-order valence-corrected chi connectivity index (χ4v) is 2.69. The Morgan fingerprint density at radius 2 is 1.69 bits per heavy atom. The van der Waals surface area contributed by atoms with Crippen LogP contribution in [-0.4, -0.2) is 5.91 Å². The average Bonchev–Trinajstić information content (AvgIpc) is 3.10. The van der Waals surface area contributed by atoms with Crippen LogP contribution in [0.5, 0.6) is 0 Å². The van der Waals surface area contributed by atoms with Gasteiger partial charge in [-0.2, -0.15) is 5.26 Å². The first-order chi connectivity index (χ1) is 12.6. The van der Waals surface area contributed by atoms with E-state index in [0.717, 1.165) is 5.56 Å². The van der Waals surface area contributed by atoms with E-state index >= 15 is 0 Å². The van der Waals surface area contributed by atoms with Gasteiger partial charge in [0, 0.05) is 11.6 Å². The van der Waals surface area contributed by atoms with E-state index in [9.17, 15) is 10.1 Å². The van der Waals surface area contributed by atoms with E-state index in [1.54, 1.807) is 42.5 Å². The normalized spacial score (nSPS) is 11.0. The molecular formula is C20H12Cl2N2O2. The van der Waals surface area contributed by atoms with Crippen molar-refractivity contribution in [2.45, 2.75) is 0 Å². The smallest absolute Gasteiger partial charge is 0.266 e. The SMILES string of the molecule is N#C/C(=C\c1ccc(-c2ccccc2Cl)o1)C(=O)Nc1ccccc1Cl. The molecule has 6 heteroatoms. The van der Waals surface area contributed by atoms with Gasteiger partial charge >= 0.3 is 0 Å². The van der Waals surface area contributed by atoms with Crippen LogP contribution < -0.4 is 5.32 Å². The molecule has 128 valence electrons. The molecule has 1 amide bonds. The van der Waals surface area contributed by atoms with Gasteiger partial charge in [-0.25, -0.2) is 0 Å². The highest BCUT2D eigenvalue weighted by Gasteiger charge is 2.13. The maximum absolute atomic E-state index is 12.3. The van der Waals surface area contributed by atoms with E-state index in [-0.39, 0.29) is 5.57 Å². The van der Waals surface area contributed by atoms with E-state index in [2.05, 4.69) is 5.32 Å². The van der Waals surface area contributed by atoms with Crippen molar-refractivity contribution in [2.24, 2.45) is 0 Å². The maximum Gasteiger partial charge on any atom is 0.266 e. The number of rotatable bonds is 4. The second kappa shape index (κ2) is 7.92. The highest BCUT2D eigenvalue weighted by atomic mass is 35.5. The largest absolute Gasteiger partial charge is 0.457 e. The Balaban J connectivity index is 1.84. The lowest BCUT2D eigenvalue weighted by atomic mass is 10.2. The van der Waals surface area contributed by atoms with Crippen LogP contribution in [0.25, 0.3) is 17.4 Å². The first-order valence-corrected chi connectivity index (χ1v) is 8.36. The summed E-state index contributed by atoms with van der Waals surface area (Å²) in [5, 5.41) is 12.8. The summed E-state index contributed by atoms with van der Waals surface area (Å²) < 4.78 is 5.69. The molecule has 0 aliphatic heterocycles. The van der Waals surface area contributed by atoms with Crippen molar-refractivity contribution in [3.8, 4) is 17.4 Å². The molecule has 1 aromatic heterocycles. The zero-order chi connectivity index (χ0) is 18.5. The van der Waals surface area contributed by atoms with Crippen LogP contribution in [0.4, 0.5) is 5.69 Å². The molecule has 4 nitrogen and oxygen atoms in total. The number of halogens is 2. The summed E-state index contributed by atoms with van der Waals surface area (Å²) in [5.41, 5.74) is 1.05. The summed E-state index contributed by atoms with van der Waals surface area (Å²) in [6.45, 7) is 0. The predicted molar refractivity (Wildman–Crippen MR) is 103 cm³/mol. The van der Waals surface area contributed by atoms with E-state index in [0.29, 0.717) is 27.3 Å². The molecular weight excluding hydrogens is 371 g/mol. The van der Waals surface area contributed by atoms with E-state index in [4.69, 9.17) is 27.6 Å². The van der Waals surface area contributed by atoms with Crippen molar-refractivity contribution in [1.82, 2.24) is 0 Å². The molecule has 0 bridgehead atoms. The van der Waals surface area contributed by atoms with Crippen molar-refractivity contribution >= 4 is 40.9 Å². The van der Waals surface area contributed by atoms with Crippen LogP contribution in [0.1, 0.15) is 5.76 Å². The van der Waals surface area contributed by atoms with Gasteiger partial charge in [-0.3, -0.25) is 4.79 Å². The third-order valence-electron chi connectivity index (χ3n) is 3.54. The summed E-state index contributed by atoms with van der Waals surface area (Å²) in [6.07, 6.45) is 1.37. The number of para-hydroxylation sites is 1. The predicted octanol–water partition coefficient (Wildman–Crippen LogP) is 5.80. The second-order valence-corrected chi connectivity index (χ2v) is 6.10. The standard InChI is InChI=1S/C20H12Cl2N2O2/c21-16-6-2-1-5-15(16)19-10-9-14(26-19)11-13(12-23)20(25)24-18-8-4-3-7-17(18)22/h1-11H,(H,24,25)/b13-11+. The third kappa shape index (κ3) is 3.97. The molecule has 0 saturated heterocycles. The number of hydrogen-bond donors (Lipinski definition) is 1. The highest BCUT2D eigenvalue weighted by Crippen LogP contribution is 2.29. The van der Waals surface area contributed by atoms with Crippen molar-refractivity contribution in [3.05, 3.63) is 82.0 Å². The molecule has 26 heavy (non-hydrogen) atoms. The van der Waals surface area contributed by atoms with Crippen molar-refractivity contribution < 1.29 is 9.21 Å². The maximum atomic E-state index is 12.3. The molecule has 0 aliphatic carbocycles. The Kier molecular flexibility index (Phi) is 5.43. The Bertz CT molecular complexity index is 1030. The van der Waals surface area contributed by atoms with Gasteiger partial charge in [-0.05, 0) is 36.4 Å². The quantitative estimate of drug-likeness (QED) is 0.457. The Labute approximate surface area is 160 Å². The number of carbonyl (C=O) groups is 1. The molecule has 0 radical (unpaired) electrons. The summed E-state index contributed by atoms with van der Waals surface area (Å²) >= 11 is 12.2. The molecule has 1 heterocycles. The first-order valence-electron chi connectivity index (χ1n) is 7.61. The van der Waals surface area contributed by atoms with E-state index in [1.807, 2.05) is 24.3 Å². The lowest BCUT2D eigenvalue weighted by Crippen LogP contribution is -2.13. The summed E-state index contributed by atoms with van der Waals surface area (Å²) in [5.74, 6) is 0.340. The number of nitrogens with one attached hydrogen (secondary N) is 1. The minimum atomic E-state index is -0.573. The zero-order valence-electron chi connectivity index (χ0n) is 13.4. The van der Waals surface area contributed by atoms with E-state index in [1.165, 1.54) is 6.08 Å². The number of anilines is 1. The van der Waals surface area contributed by atoms with Gasteiger partial charge in [0.05, 0.1) is 15.7 Å². The zero-order valence-corrected chi connectivity index (χ0v) is 14.9. The van der Waals surface area contributed by atoms with E-state index < -0.39 is 5.91 Å². The first kappa shape index (κ1) is 17.8. The van der Waals surface area contributed by atoms with Crippen LogP contribution in [0.15, 0.2) is 70.7 Å². The van der Waals surface area contributed by atoms with Crippen molar-refractivity contribution in [2.75, 3.05) is 5.32 Å². The van der Waals surface area contributed by atoms with Crippen LogP contribution >= 0.6 is 23.2 Å². The fraction of sp³-hybridized carbons (Fsp3) is 0. The molecule has 3 aromatic rings. The summed E-state index contributed by atoms with van der Waals surface area (Å²) in [7, 11) is 0. The fourth-order valence-electron chi connectivity index (χ4n) is 2.28. The Morgan fingerprint density at radius 1 is 1.00 bits per heavy atom. The van der Waals surface area contributed by atoms with Gasteiger partial charge in [0.25, 0.3) is 5.91 Å². The van der Waals surface area contributed by atoms with Crippen LogP contribution in [0, 0.1) is 11.3 Å². The molecule has 0 aliphatic rings. The lowest BCUT2D eigenvalue weighted by Gasteiger charge is -2.05. The highest BCUT2D eigenvalue weighted by molar-refractivity contribution is 6.34. The molecule has 3 rings (SSSR count). The van der Waals surface area contributed by atoms with Crippen molar-refractivity contribution in [1.29, 1.82) is 5.26 Å². The Morgan fingerprint density at radius 3 is 2.38 bits per heavy atom. The number of carbonyl (C=O) groups excluding carboxylic acids is 1. The molecule has 2 aromatic carbocycles. The van der Waals surface area contributed by atoms with Gasteiger partial charge in [-0.15, -0.1) is 0 Å². The number of nitriles is 1. The Hall–Kier alpha value is -3.00. The molecule has 1 N–H and O–H groups in total. The monoisotopic (exact) mass is 382 g/mol. The van der Waals surface area contributed by atoms with Crippen LogP contribution in [-0.2, 0) is 4.79 Å². The van der Waals surface area contributed by atoms with Gasteiger partial charge < -0.3 is 9.73 Å². The van der Waals surface area contributed by atoms with Gasteiger partial charge in [-0.1, -0.05) is 47.5 Å². The minimum absolute atomic E-state index is 0.107. The minimum Gasteiger partial charge on any atom is -0.457 e. The number of nitrogens with zero attached hydrogens (tertiary/aromatic N) is 1. The third-order valence-corrected chi connectivity index (χ3v) is 4.20. The molecule has 0 spiro atoms. The number of hydrogen-bond acceptors (Lipinski definition) is 3.